The second-order valence-corrected chi connectivity index (χ2v) is 5.89. The highest BCUT2D eigenvalue weighted by atomic mass is 35.5. The predicted molar refractivity (Wildman–Crippen MR) is 89.1 cm³/mol. The number of urea groups is 1. The van der Waals surface area contributed by atoms with Gasteiger partial charge >= 0.3 is 12.2 Å². The minimum atomic E-state index is -4.73. The van der Waals surface area contributed by atoms with Crippen LogP contribution in [-0.2, 0) is 6.18 Å². The van der Waals surface area contributed by atoms with Crippen LogP contribution in [0.3, 0.4) is 0 Å². The van der Waals surface area contributed by atoms with Gasteiger partial charge in [0.1, 0.15) is 5.82 Å². The van der Waals surface area contributed by atoms with E-state index < -0.39 is 35.2 Å². The Morgan fingerprint density at radius 3 is 2.15 bits per heavy atom. The highest BCUT2D eigenvalue weighted by molar-refractivity contribution is 6.40. The molecule has 138 valence electrons. The summed E-state index contributed by atoms with van der Waals surface area (Å²) in [6.45, 7) is 0. The molecule has 0 radical (unpaired) electrons. The van der Waals surface area contributed by atoms with E-state index >= 15 is 0 Å². The summed E-state index contributed by atoms with van der Waals surface area (Å²) in [5, 5.41) is 1.92. The van der Waals surface area contributed by atoms with E-state index in [1.54, 1.807) is 0 Å². The first-order valence-electron chi connectivity index (χ1n) is 6.92. The monoisotopic (exact) mass is 408 g/mol. The lowest BCUT2D eigenvalue weighted by Crippen LogP contribution is -2.41. The van der Waals surface area contributed by atoms with E-state index in [0.717, 1.165) is 13.1 Å². The van der Waals surface area contributed by atoms with E-state index in [9.17, 15) is 27.2 Å². The van der Waals surface area contributed by atoms with Gasteiger partial charge in [0, 0.05) is 7.05 Å². The third-order valence-corrected chi connectivity index (χ3v) is 3.98. The summed E-state index contributed by atoms with van der Waals surface area (Å²) in [6, 6.07) is 4.83. The Balaban J connectivity index is 2.21. The summed E-state index contributed by atoms with van der Waals surface area (Å²) in [5.74, 6) is -2.22. The molecular formula is C16H10Cl2F4N2O2. The van der Waals surface area contributed by atoms with Gasteiger partial charge in [0.15, 0.2) is 0 Å². The molecular weight excluding hydrogens is 399 g/mol. The maximum atomic E-state index is 13.9. The van der Waals surface area contributed by atoms with Crippen molar-refractivity contribution in [2.24, 2.45) is 0 Å². The average molecular weight is 409 g/mol. The van der Waals surface area contributed by atoms with Crippen molar-refractivity contribution < 1.29 is 27.2 Å². The Kier molecular flexibility index (Phi) is 5.77. The van der Waals surface area contributed by atoms with Crippen LogP contribution in [0.5, 0.6) is 0 Å². The topological polar surface area (TPSA) is 49.4 Å². The fourth-order valence-electron chi connectivity index (χ4n) is 2.02. The van der Waals surface area contributed by atoms with Crippen molar-refractivity contribution in [2.75, 3.05) is 11.9 Å². The van der Waals surface area contributed by atoms with Gasteiger partial charge in [-0.2, -0.15) is 13.2 Å². The fraction of sp³-hybridized carbons (Fsp3) is 0.125. The van der Waals surface area contributed by atoms with Crippen molar-refractivity contribution in [2.45, 2.75) is 6.18 Å². The molecule has 0 spiro atoms. The number of benzene rings is 2. The molecule has 26 heavy (non-hydrogen) atoms. The van der Waals surface area contributed by atoms with Crippen molar-refractivity contribution >= 4 is 40.8 Å². The summed E-state index contributed by atoms with van der Waals surface area (Å²) in [7, 11) is 1.09. The quantitative estimate of drug-likeness (QED) is 0.699. The minimum Gasteiger partial charge on any atom is -0.294 e. The summed E-state index contributed by atoms with van der Waals surface area (Å²) < 4.78 is 51.6. The second-order valence-electron chi connectivity index (χ2n) is 5.08. The highest BCUT2D eigenvalue weighted by Gasteiger charge is 2.32. The molecule has 0 heterocycles. The molecule has 0 bridgehead atoms. The maximum Gasteiger partial charge on any atom is 0.416 e. The SMILES string of the molecule is CN(C(=O)NC(=O)c1c(Cl)cccc1Cl)c1ccc(C(F)(F)F)cc1F. The van der Waals surface area contributed by atoms with Crippen LogP contribution in [0.2, 0.25) is 10.0 Å². The van der Waals surface area contributed by atoms with Gasteiger partial charge in [-0.1, -0.05) is 29.3 Å². The van der Waals surface area contributed by atoms with Crippen LogP contribution in [-0.4, -0.2) is 19.0 Å². The number of rotatable bonds is 2. The van der Waals surface area contributed by atoms with E-state index in [2.05, 4.69) is 0 Å². The van der Waals surface area contributed by atoms with Gasteiger partial charge in [-0.3, -0.25) is 15.0 Å². The first-order chi connectivity index (χ1) is 12.0. The first kappa shape index (κ1) is 20.0. The summed E-state index contributed by atoms with van der Waals surface area (Å²) in [6.07, 6.45) is -4.73. The number of carbonyl (C=O) groups is 2. The number of alkyl halides is 3. The summed E-state index contributed by atoms with van der Waals surface area (Å²) in [5.41, 5.74) is -1.81. The molecule has 0 aromatic heterocycles. The Morgan fingerprint density at radius 2 is 1.65 bits per heavy atom. The lowest BCUT2D eigenvalue weighted by molar-refractivity contribution is -0.137. The van der Waals surface area contributed by atoms with Gasteiger partial charge in [-0.25, -0.2) is 9.18 Å². The van der Waals surface area contributed by atoms with Gasteiger partial charge in [-0.05, 0) is 30.3 Å². The van der Waals surface area contributed by atoms with Gasteiger partial charge in [0.05, 0.1) is 26.9 Å². The van der Waals surface area contributed by atoms with Crippen LogP contribution in [0.25, 0.3) is 0 Å². The number of hydrogen-bond donors (Lipinski definition) is 1. The fourth-order valence-corrected chi connectivity index (χ4v) is 2.59. The number of nitrogens with one attached hydrogen (secondary N) is 1. The number of halogens is 6. The zero-order valence-corrected chi connectivity index (χ0v) is 14.5. The van der Waals surface area contributed by atoms with Crippen molar-refractivity contribution in [1.82, 2.24) is 5.32 Å². The Bertz CT molecular complexity index is 852. The average Bonchev–Trinajstić information content (AvgIpc) is 2.53. The van der Waals surface area contributed by atoms with E-state index in [-0.39, 0.29) is 21.7 Å². The van der Waals surface area contributed by atoms with Crippen molar-refractivity contribution in [3.8, 4) is 0 Å². The van der Waals surface area contributed by atoms with Crippen LogP contribution in [0.4, 0.5) is 28.0 Å². The highest BCUT2D eigenvalue weighted by Crippen LogP contribution is 2.32. The van der Waals surface area contributed by atoms with Crippen molar-refractivity contribution in [3.05, 3.63) is 63.4 Å². The Labute approximate surface area is 155 Å². The standard InChI is InChI=1S/C16H10Cl2F4N2O2/c1-24(12-6-5-8(7-11(12)19)16(20,21)22)15(26)23-14(25)13-9(17)3-2-4-10(13)18/h2-7H,1H3,(H,23,25,26). The van der Waals surface area contributed by atoms with Gasteiger partial charge in [-0.15, -0.1) is 0 Å². The predicted octanol–water partition coefficient (Wildman–Crippen LogP) is 5.14. The number of carbonyl (C=O) groups excluding carboxylic acids is 2. The van der Waals surface area contributed by atoms with E-state index in [4.69, 9.17) is 23.2 Å². The van der Waals surface area contributed by atoms with Gasteiger partial charge < -0.3 is 0 Å². The van der Waals surface area contributed by atoms with Crippen LogP contribution < -0.4 is 10.2 Å². The molecule has 0 saturated heterocycles. The third kappa shape index (κ3) is 4.25. The van der Waals surface area contributed by atoms with Crippen molar-refractivity contribution in [1.29, 1.82) is 0 Å². The van der Waals surface area contributed by atoms with E-state index in [1.165, 1.54) is 18.2 Å². The smallest absolute Gasteiger partial charge is 0.294 e. The molecule has 0 unspecified atom stereocenters. The Hall–Kier alpha value is -2.32. The number of hydrogen-bond acceptors (Lipinski definition) is 2. The van der Waals surface area contributed by atoms with E-state index in [1.807, 2.05) is 5.32 Å². The molecule has 10 heteroatoms. The second kappa shape index (κ2) is 7.51. The molecule has 2 rings (SSSR count). The number of imide groups is 1. The zero-order valence-electron chi connectivity index (χ0n) is 13.0. The third-order valence-electron chi connectivity index (χ3n) is 3.35. The lowest BCUT2D eigenvalue weighted by Gasteiger charge is -2.19. The normalized spacial score (nSPS) is 11.2. The molecule has 0 aliphatic rings. The van der Waals surface area contributed by atoms with E-state index in [0.29, 0.717) is 11.0 Å². The molecule has 0 atom stereocenters. The molecule has 0 aliphatic heterocycles. The molecule has 3 amide bonds. The zero-order chi connectivity index (χ0) is 19.6. The maximum absolute atomic E-state index is 13.9. The summed E-state index contributed by atoms with van der Waals surface area (Å²) in [4.78, 5) is 24.9. The molecule has 1 N–H and O–H groups in total. The lowest BCUT2D eigenvalue weighted by atomic mass is 10.2. The van der Waals surface area contributed by atoms with Crippen LogP contribution in [0, 0.1) is 5.82 Å². The molecule has 4 nitrogen and oxygen atoms in total. The Morgan fingerprint density at radius 1 is 1.08 bits per heavy atom. The molecule has 0 fully saturated rings. The first-order valence-corrected chi connectivity index (χ1v) is 7.67. The van der Waals surface area contributed by atoms with Crippen molar-refractivity contribution in [3.63, 3.8) is 0 Å². The van der Waals surface area contributed by atoms with Gasteiger partial charge in [0.25, 0.3) is 5.91 Å². The number of nitrogens with zero attached hydrogens (tertiary/aromatic N) is 1. The largest absolute Gasteiger partial charge is 0.416 e. The molecule has 2 aromatic rings. The van der Waals surface area contributed by atoms with Crippen LogP contribution in [0.15, 0.2) is 36.4 Å². The number of amides is 3. The van der Waals surface area contributed by atoms with Crippen LogP contribution >= 0.6 is 23.2 Å². The number of anilines is 1. The van der Waals surface area contributed by atoms with Crippen LogP contribution in [0.1, 0.15) is 15.9 Å². The van der Waals surface area contributed by atoms with Gasteiger partial charge in [0.2, 0.25) is 0 Å². The summed E-state index contributed by atoms with van der Waals surface area (Å²) >= 11 is 11.7. The molecule has 0 saturated carbocycles. The molecule has 2 aromatic carbocycles. The molecule has 0 aliphatic carbocycles. The minimum absolute atomic E-state index is 0.00818.